The molecule has 0 heterocycles. The van der Waals surface area contributed by atoms with E-state index in [-0.39, 0.29) is 0 Å². The van der Waals surface area contributed by atoms with Crippen molar-refractivity contribution in [2.45, 2.75) is 6.92 Å². The highest BCUT2D eigenvalue weighted by molar-refractivity contribution is 5.99. The number of nitrogens with zero attached hydrogens (tertiary/aromatic N) is 1. The van der Waals surface area contributed by atoms with Crippen LogP contribution < -0.4 is 11.2 Å². The van der Waals surface area contributed by atoms with Crippen LogP contribution in [0.15, 0.2) is 35.4 Å². The molecule has 82 valence electrons. The van der Waals surface area contributed by atoms with E-state index in [9.17, 15) is 4.79 Å². The fourth-order valence-corrected chi connectivity index (χ4v) is 0.883. The molecule has 0 aliphatic heterocycles. The van der Waals surface area contributed by atoms with Crippen molar-refractivity contribution in [3.05, 3.63) is 35.9 Å². The Morgan fingerprint density at radius 3 is 2.33 bits per heavy atom. The average Bonchev–Trinajstić information content (AvgIpc) is 2.30. The first-order valence-electron chi connectivity index (χ1n) is 4.30. The molecule has 1 aromatic carbocycles. The zero-order valence-electron chi connectivity index (χ0n) is 8.77. The Bertz CT molecular complexity index is 323. The highest BCUT2D eigenvalue weighted by Gasteiger charge is 1.95. The van der Waals surface area contributed by atoms with Crippen LogP contribution in [0.2, 0.25) is 0 Å². The Kier molecular flexibility index (Phi) is 6.57. The molecule has 0 bridgehead atoms. The van der Waals surface area contributed by atoms with E-state index in [1.54, 1.807) is 6.92 Å². The van der Waals surface area contributed by atoms with Crippen molar-refractivity contribution in [1.29, 1.82) is 0 Å². The molecule has 1 rings (SSSR count). The van der Waals surface area contributed by atoms with Gasteiger partial charge in [0.15, 0.2) is 0 Å². The fourth-order valence-electron chi connectivity index (χ4n) is 0.883. The van der Waals surface area contributed by atoms with Crippen LogP contribution >= 0.6 is 0 Å². The predicted octanol–water partition coefficient (Wildman–Crippen LogP) is 0.687. The SMILES string of the molecule is C/C(=N\NC(N)=O)c1ccccc1.CO. The lowest BCUT2D eigenvalue weighted by molar-refractivity contribution is 0.249. The lowest BCUT2D eigenvalue weighted by Crippen LogP contribution is -2.25. The van der Waals surface area contributed by atoms with Gasteiger partial charge in [0.2, 0.25) is 0 Å². The summed E-state index contributed by atoms with van der Waals surface area (Å²) < 4.78 is 0. The Morgan fingerprint density at radius 1 is 1.33 bits per heavy atom. The molecule has 2 amide bonds. The Labute approximate surface area is 88.6 Å². The van der Waals surface area contributed by atoms with Crippen LogP contribution in [0, 0.1) is 0 Å². The van der Waals surface area contributed by atoms with Gasteiger partial charge in [0.05, 0.1) is 5.71 Å². The van der Waals surface area contributed by atoms with Gasteiger partial charge in [-0.25, -0.2) is 10.2 Å². The minimum absolute atomic E-state index is 0.657. The van der Waals surface area contributed by atoms with Crippen LogP contribution in [0.1, 0.15) is 12.5 Å². The summed E-state index contributed by atoms with van der Waals surface area (Å²) in [6.45, 7) is 1.80. The standard InChI is InChI=1S/C9H11N3O.CH4O/c1-7(11-12-9(10)13)8-5-3-2-4-6-8;1-2/h2-6H,1H3,(H3,10,12,13);2H,1H3/b11-7+;. The quantitative estimate of drug-likeness (QED) is 0.494. The van der Waals surface area contributed by atoms with Crippen molar-refractivity contribution in [3.8, 4) is 0 Å². The minimum Gasteiger partial charge on any atom is -0.400 e. The highest BCUT2D eigenvalue weighted by Crippen LogP contribution is 1.99. The van der Waals surface area contributed by atoms with E-state index < -0.39 is 6.03 Å². The van der Waals surface area contributed by atoms with E-state index in [4.69, 9.17) is 10.8 Å². The molecule has 0 atom stereocenters. The molecular weight excluding hydrogens is 194 g/mol. The van der Waals surface area contributed by atoms with E-state index in [0.29, 0.717) is 0 Å². The van der Waals surface area contributed by atoms with Crippen LogP contribution in [0.5, 0.6) is 0 Å². The molecule has 0 aliphatic carbocycles. The first-order chi connectivity index (χ1) is 7.20. The van der Waals surface area contributed by atoms with Crippen LogP contribution in [0.4, 0.5) is 4.79 Å². The first kappa shape index (κ1) is 13.1. The molecule has 0 aliphatic rings. The summed E-state index contributed by atoms with van der Waals surface area (Å²) in [6, 6.07) is 8.87. The molecule has 4 N–H and O–H groups in total. The second-order valence-corrected chi connectivity index (χ2v) is 2.54. The van der Waals surface area contributed by atoms with E-state index >= 15 is 0 Å². The monoisotopic (exact) mass is 209 g/mol. The summed E-state index contributed by atoms with van der Waals surface area (Å²) in [6.07, 6.45) is 0. The van der Waals surface area contributed by atoms with Gasteiger partial charge in [-0.2, -0.15) is 5.10 Å². The largest absolute Gasteiger partial charge is 0.400 e. The number of hydrazone groups is 1. The first-order valence-corrected chi connectivity index (χ1v) is 4.30. The van der Waals surface area contributed by atoms with Gasteiger partial charge in [-0.3, -0.25) is 0 Å². The summed E-state index contributed by atoms with van der Waals surface area (Å²) in [5.74, 6) is 0. The minimum atomic E-state index is -0.657. The highest BCUT2D eigenvalue weighted by atomic mass is 16.2. The average molecular weight is 209 g/mol. The maximum atomic E-state index is 10.3. The van der Waals surface area contributed by atoms with E-state index in [1.165, 1.54) is 0 Å². The summed E-state index contributed by atoms with van der Waals surface area (Å²) >= 11 is 0. The van der Waals surface area contributed by atoms with Gasteiger partial charge in [-0.05, 0) is 12.5 Å². The Morgan fingerprint density at radius 2 is 1.87 bits per heavy atom. The van der Waals surface area contributed by atoms with E-state index in [2.05, 4.69) is 10.5 Å². The van der Waals surface area contributed by atoms with Crippen LogP contribution in [-0.4, -0.2) is 24.0 Å². The van der Waals surface area contributed by atoms with Gasteiger partial charge in [-0.1, -0.05) is 30.3 Å². The molecule has 0 saturated carbocycles. The number of rotatable bonds is 2. The molecule has 0 fully saturated rings. The third-order valence-electron chi connectivity index (χ3n) is 1.53. The Hall–Kier alpha value is -1.88. The number of aliphatic hydroxyl groups excluding tert-OH is 1. The van der Waals surface area contributed by atoms with E-state index in [0.717, 1.165) is 18.4 Å². The molecule has 5 heteroatoms. The van der Waals surface area contributed by atoms with Crippen molar-refractivity contribution >= 4 is 11.7 Å². The lowest BCUT2D eigenvalue weighted by atomic mass is 10.1. The van der Waals surface area contributed by atoms with Crippen molar-refractivity contribution in [1.82, 2.24) is 5.43 Å². The second kappa shape index (κ2) is 7.52. The van der Waals surface area contributed by atoms with Crippen molar-refractivity contribution in [2.24, 2.45) is 10.8 Å². The third-order valence-corrected chi connectivity index (χ3v) is 1.53. The molecule has 0 radical (unpaired) electrons. The number of nitrogens with two attached hydrogens (primary N) is 1. The molecule has 0 saturated heterocycles. The summed E-state index contributed by atoms with van der Waals surface area (Å²) in [7, 11) is 1.00. The molecular formula is C10H15N3O2. The number of hydrogen-bond acceptors (Lipinski definition) is 3. The number of urea groups is 1. The number of benzene rings is 1. The molecule has 5 nitrogen and oxygen atoms in total. The summed E-state index contributed by atoms with van der Waals surface area (Å²) in [5.41, 5.74) is 8.71. The predicted molar refractivity (Wildman–Crippen MR) is 59.5 cm³/mol. The molecule has 0 spiro atoms. The zero-order chi connectivity index (χ0) is 11.7. The molecule has 15 heavy (non-hydrogen) atoms. The normalized spacial score (nSPS) is 9.93. The second-order valence-electron chi connectivity index (χ2n) is 2.54. The van der Waals surface area contributed by atoms with Gasteiger partial charge in [0.1, 0.15) is 0 Å². The summed E-state index contributed by atoms with van der Waals surface area (Å²) in [4.78, 5) is 10.3. The molecule has 1 aromatic rings. The smallest absolute Gasteiger partial charge is 0.332 e. The van der Waals surface area contributed by atoms with Crippen molar-refractivity contribution < 1.29 is 9.90 Å². The van der Waals surface area contributed by atoms with Gasteiger partial charge in [-0.15, -0.1) is 0 Å². The lowest BCUT2D eigenvalue weighted by Gasteiger charge is -1.99. The van der Waals surface area contributed by atoms with Gasteiger partial charge in [0.25, 0.3) is 0 Å². The fraction of sp³-hybridized carbons (Fsp3) is 0.200. The number of aliphatic hydroxyl groups is 1. The van der Waals surface area contributed by atoms with Gasteiger partial charge in [0, 0.05) is 7.11 Å². The third kappa shape index (κ3) is 5.43. The molecule has 0 aromatic heterocycles. The van der Waals surface area contributed by atoms with Crippen molar-refractivity contribution in [2.75, 3.05) is 7.11 Å². The van der Waals surface area contributed by atoms with Crippen molar-refractivity contribution in [3.63, 3.8) is 0 Å². The van der Waals surface area contributed by atoms with Crippen LogP contribution in [-0.2, 0) is 0 Å². The molecule has 0 unspecified atom stereocenters. The maximum absolute atomic E-state index is 10.3. The zero-order valence-corrected chi connectivity index (χ0v) is 8.77. The number of primary amides is 1. The Balaban J connectivity index is 0.000000921. The number of hydrogen-bond donors (Lipinski definition) is 3. The summed E-state index contributed by atoms with van der Waals surface area (Å²) in [5, 5.41) is 10.8. The van der Waals surface area contributed by atoms with Gasteiger partial charge < -0.3 is 10.8 Å². The van der Waals surface area contributed by atoms with E-state index in [1.807, 2.05) is 30.3 Å². The topological polar surface area (TPSA) is 87.7 Å². The number of nitrogens with one attached hydrogen (secondary N) is 1. The number of carbonyl (C=O) groups excluding carboxylic acids is 1. The maximum Gasteiger partial charge on any atom is 0.332 e. The number of amides is 2. The van der Waals surface area contributed by atoms with Gasteiger partial charge >= 0.3 is 6.03 Å². The van der Waals surface area contributed by atoms with Crippen LogP contribution in [0.3, 0.4) is 0 Å². The number of carbonyl (C=O) groups is 1. The van der Waals surface area contributed by atoms with Crippen LogP contribution in [0.25, 0.3) is 0 Å².